The van der Waals surface area contributed by atoms with E-state index in [9.17, 15) is 4.79 Å². The normalized spacial score (nSPS) is 11.1. The van der Waals surface area contributed by atoms with Gasteiger partial charge in [0.2, 0.25) is 0 Å². The summed E-state index contributed by atoms with van der Waals surface area (Å²) in [5, 5.41) is 0. The highest BCUT2D eigenvalue weighted by Crippen LogP contribution is 1.87. The molecule has 0 rings (SSSR count). The molecule has 0 aliphatic rings. The topological polar surface area (TPSA) is 100 Å². The fourth-order valence-corrected chi connectivity index (χ4v) is 1.88. The van der Waals surface area contributed by atoms with E-state index in [4.69, 9.17) is 42.6 Å². The Labute approximate surface area is 180 Å². The average molecular weight is 441 g/mol. The minimum absolute atomic E-state index is 0.218. The molecule has 0 amide bonds. The number of ether oxygens (including phenoxy) is 9. The molecule has 0 aromatic heterocycles. The van der Waals surface area contributed by atoms with Crippen molar-refractivity contribution in [2.24, 2.45) is 0 Å². The summed E-state index contributed by atoms with van der Waals surface area (Å²) >= 11 is 0. The number of carbonyl (C=O) groups is 1. The Morgan fingerprint density at radius 2 is 0.733 bits per heavy atom. The first-order chi connectivity index (χ1) is 14.8. The van der Waals surface area contributed by atoms with Crippen LogP contribution in [0.1, 0.15) is 13.3 Å². The van der Waals surface area contributed by atoms with E-state index in [1.807, 2.05) is 0 Å². The molecule has 10 nitrogen and oxygen atoms in total. The maximum absolute atomic E-state index is 10.9. The molecule has 0 N–H and O–H groups in total. The Morgan fingerprint density at radius 3 is 1.00 bits per heavy atom. The minimum Gasteiger partial charge on any atom is -0.463 e. The van der Waals surface area contributed by atoms with Gasteiger partial charge in [-0.1, -0.05) is 6.92 Å². The molecule has 0 aromatic carbocycles. The summed E-state index contributed by atoms with van der Waals surface area (Å²) in [6.07, 6.45) is 0.379. The van der Waals surface area contributed by atoms with E-state index in [1.54, 1.807) is 14.0 Å². The number of carbonyl (C=O) groups excluding carboxylic acids is 1. The summed E-state index contributed by atoms with van der Waals surface area (Å²) in [5.41, 5.74) is 0. The van der Waals surface area contributed by atoms with E-state index in [0.29, 0.717) is 106 Å². The van der Waals surface area contributed by atoms with Gasteiger partial charge in [-0.3, -0.25) is 4.79 Å². The van der Waals surface area contributed by atoms with Gasteiger partial charge in [0.05, 0.1) is 99.1 Å². The maximum atomic E-state index is 10.9. The van der Waals surface area contributed by atoms with Crippen LogP contribution in [0.15, 0.2) is 0 Å². The molecule has 0 heterocycles. The number of rotatable bonds is 25. The Balaban J connectivity index is 3.01. The summed E-state index contributed by atoms with van der Waals surface area (Å²) in [4.78, 5) is 10.9. The van der Waals surface area contributed by atoms with Crippen molar-refractivity contribution in [2.45, 2.75) is 13.3 Å². The molecule has 0 saturated carbocycles. The third-order valence-corrected chi connectivity index (χ3v) is 3.44. The molecule has 0 spiro atoms. The molecule has 0 aromatic rings. The lowest BCUT2D eigenvalue weighted by Crippen LogP contribution is -2.15. The second-order valence-electron chi connectivity index (χ2n) is 5.85. The van der Waals surface area contributed by atoms with Crippen LogP contribution < -0.4 is 0 Å². The van der Waals surface area contributed by atoms with E-state index in [-0.39, 0.29) is 12.6 Å². The molecular formula is C20H40O10. The second-order valence-corrected chi connectivity index (χ2v) is 5.85. The first-order valence-corrected chi connectivity index (χ1v) is 10.5. The van der Waals surface area contributed by atoms with Gasteiger partial charge >= 0.3 is 5.97 Å². The molecular weight excluding hydrogens is 400 g/mol. The lowest BCUT2D eigenvalue weighted by Gasteiger charge is -2.08. The third kappa shape index (κ3) is 25.2. The van der Waals surface area contributed by atoms with Crippen molar-refractivity contribution in [1.82, 2.24) is 0 Å². The molecule has 0 bridgehead atoms. The lowest BCUT2D eigenvalue weighted by atomic mass is 10.5. The number of methoxy groups -OCH3 is 1. The Kier molecular flexibility index (Phi) is 25.4. The molecule has 30 heavy (non-hydrogen) atoms. The van der Waals surface area contributed by atoms with E-state index in [0.717, 1.165) is 0 Å². The van der Waals surface area contributed by atoms with Crippen molar-refractivity contribution in [3.05, 3.63) is 0 Å². The van der Waals surface area contributed by atoms with Crippen molar-refractivity contribution in [3.63, 3.8) is 0 Å². The van der Waals surface area contributed by atoms with Crippen LogP contribution in [0.2, 0.25) is 0 Å². The van der Waals surface area contributed by atoms with Crippen LogP contribution in [0.5, 0.6) is 0 Å². The van der Waals surface area contributed by atoms with Crippen LogP contribution in [0.3, 0.4) is 0 Å². The molecule has 0 saturated heterocycles. The van der Waals surface area contributed by atoms with Gasteiger partial charge in [-0.25, -0.2) is 0 Å². The summed E-state index contributed by atoms with van der Waals surface area (Å²) < 4.78 is 47.2. The van der Waals surface area contributed by atoms with Gasteiger partial charge < -0.3 is 42.6 Å². The van der Waals surface area contributed by atoms with Gasteiger partial charge in [-0.15, -0.1) is 0 Å². The summed E-state index contributed by atoms with van der Waals surface area (Å²) in [5.74, 6) is -0.218. The quantitative estimate of drug-likeness (QED) is 0.149. The summed E-state index contributed by atoms with van der Waals surface area (Å²) in [6, 6.07) is 0. The van der Waals surface area contributed by atoms with Gasteiger partial charge in [0.1, 0.15) is 6.61 Å². The molecule has 0 radical (unpaired) electrons. The molecule has 0 unspecified atom stereocenters. The number of esters is 1. The SMILES string of the molecule is CCC(=O)OCCOCCOCCOCCOCCOCCOCCOCCOC. The van der Waals surface area contributed by atoms with Gasteiger partial charge in [0.15, 0.2) is 0 Å². The predicted octanol–water partition coefficient (Wildman–Crippen LogP) is 0.702. The lowest BCUT2D eigenvalue weighted by molar-refractivity contribution is -0.144. The van der Waals surface area contributed by atoms with Crippen molar-refractivity contribution < 1.29 is 47.4 Å². The summed E-state index contributed by atoms with van der Waals surface area (Å²) in [7, 11) is 1.64. The molecule has 10 heteroatoms. The molecule has 0 atom stereocenters. The smallest absolute Gasteiger partial charge is 0.305 e. The van der Waals surface area contributed by atoms with Crippen molar-refractivity contribution >= 4 is 5.97 Å². The third-order valence-electron chi connectivity index (χ3n) is 3.44. The molecule has 180 valence electrons. The highest BCUT2D eigenvalue weighted by molar-refractivity contribution is 5.68. The van der Waals surface area contributed by atoms with E-state index < -0.39 is 0 Å². The van der Waals surface area contributed by atoms with Gasteiger partial charge in [-0.2, -0.15) is 0 Å². The zero-order valence-electron chi connectivity index (χ0n) is 18.6. The van der Waals surface area contributed by atoms with Crippen molar-refractivity contribution in [3.8, 4) is 0 Å². The van der Waals surface area contributed by atoms with Crippen LogP contribution in [0.4, 0.5) is 0 Å². The Hall–Kier alpha value is -0.850. The highest BCUT2D eigenvalue weighted by Gasteiger charge is 1.97. The second kappa shape index (κ2) is 26.2. The van der Waals surface area contributed by atoms with E-state index in [1.165, 1.54) is 0 Å². The predicted molar refractivity (Wildman–Crippen MR) is 109 cm³/mol. The molecule has 0 fully saturated rings. The average Bonchev–Trinajstić information content (AvgIpc) is 2.76. The highest BCUT2D eigenvalue weighted by atomic mass is 16.6. The van der Waals surface area contributed by atoms with Crippen LogP contribution in [-0.2, 0) is 47.4 Å². The maximum Gasteiger partial charge on any atom is 0.305 e. The monoisotopic (exact) mass is 440 g/mol. The fourth-order valence-electron chi connectivity index (χ4n) is 1.88. The zero-order chi connectivity index (χ0) is 22.0. The number of hydrogen-bond donors (Lipinski definition) is 0. The molecule has 0 aliphatic heterocycles. The van der Waals surface area contributed by atoms with Gasteiger partial charge in [0, 0.05) is 13.5 Å². The standard InChI is InChI=1S/C20H40O10/c1-3-20(21)30-19-18-29-17-16-28-15-14-27-13-12-26-11-10-25-9-8-24-7-6-23-5-4-22-2/h3-19H2,1-2H3. The fraction of sp³-hybridized carbons (Fsp3) is 0.950. The first-order valence-electron chi connectivity index (χ1n) is 10.5. The van der Waals surface area contributed by atoms with E-state index >= 15 is 0 Å². The van der Waals surface area contributed by atoms with Gasteiger partial charge in [-0.05, 0) is 0 Å². The first kappa shape index (κ1) is 29.1. The van der Waals surface area contributed by atoms with Gasteiger partial charge in [0.25, 0.3) is 0 Å². The van der Waals surface area contributed by atoms with Crippen LogP contribution in [-0.4, -0.2) is 119 Å². The van der Waals surface area contributed by atoms with E-state index in [2.05, 4.69) is 0 Å². The Bertz CT molecular complexity index is 344. The minimum atomic E-state index is -0.218. The van der Waals surface area contributed by atoms with Crippen LogP contribution in [0, 0.1) is 0 Å². The van der Waals surface area contributed by atoms with Crippen LogP contribution >= 0.6 is 0 Å². The Morgan fingerprint density at radius 1 is 0.467 bits per heavy atom. The van der Waals surface area contributed by atoms with Crippen molar-refractivity contribution in [1.29, 1.82) is 0 Å². The number of hydrogen-bond acceptors (Lipinski definition) is 10. The van der Waals surface area contributed by atoms with Crippen molar-refractivity contribution in [2.75, 3.05) is 113 Å². The summed E-state index contributed by atoms with van der Waals surface area (Å²) in [6.45, 7) is 9.75. The largest absolute Gasteiger partial charge is 0.463 e. The zero-order valence-corrected chi connectivity index (χ0v) is 18.6. The van der Waals surface area contributed by atoms with Crippen LogP contribution in [0.25, 0.3) is 0 Å². The molecule has 0 aliphatic carbocycles.